The molecule has 4 aromatic rings. The summed E-state index contributed by atoms with van der Waals surface area (Å²) in [5, 5.41) is 7.33. The van der Waals surface area contributed by atoms with E-state index in [1.807, 2.05) is 63.4 Å². The molecule has 0 saturated heterocycles. The molecule has 156 valence electrons. The fraction of sp³-hybridized carbons (Fsp3) is 0.167. The van der Waals surface area contributed by atoms with Gasteiger partial charge in [0.1, 0.15) is 5.00 Å². The van der Waals surface area contributed by atoms with Crippen LogP contribution in [-0.4, -0.2) is 20.9 Å². The fourth-order valence-corrected chi connectivity index (χ4v) is 4.36. The molecule has 0 unspecified atom stereocenters. The molecule has 7 heteroatoms. The van der Waals surface area contributed by atoms with E-state index in [4.69, 9.17) is 0 Å². The van der Waals surface area contributed by atoms with Crippen molar-refractivity contribution in [2.24, 2.45) is 0 Å². The highest BCUT2D eigenvalue weighted by atomic mass is 32.1. The van der Waals surface area contributed by atoms with E-state index in [9.17, 15) is 4.79 Å². The minimum atomic E-state index is -0.272. The van der Waals surface area contributed by atoms with Crippen molar-refractivity contribution in [1.82, 2.24) is 15.0 Å². The van der Waals surface area contributed by atoms with Crippen molar-refractivity contribution in [3.05, 3.63) is 99.9 Å². The molecule has 0 radical (unpaired) electrons. The first-order valence-electron chi connectivity index (χ1n) is 9.95. The number of carbonyl (C=O) groups is 1. The first kappa shape index (κ1) is 20.7. The molecule has 0 bridgehead atoms. The van der Waals surface area contributed by atoms with Crippen molar-refractivity contribution in [3.8, 4) is 0 Å². The molecule has 0 aliphatic carbocycles. The van der Waals surface area contributed by atoms with Crippen molar-refractivity contribution < 1.29 is 4.79 Å². The van der Waals surface area contributed by atoms with Gasteiger partial charge in [-0.2, -0.15) is 0 Å². The Morgan fingerprint density at radius 3 is 2.39 bits per heavy atom. The molecule has 0 aliphatic heterocycles. The van der Waals surface area contributed by atoms with Gasteiger partial charge in [-0.1, -0.05) is 24.3 Å². The van der Waals surface area contributed by atoms with Crippen LogP contribution in [0.3, 0.4) is 0 Å². The number of hydrogen-bond acceptors (Lipinski definition) is 6. The number of hydrogen-bond donors (Lipinski definition) is 2. The number of carbonyl (C=O) groups excluding carboxylic acids is 1. The lowest BCUT2D eigenvalue weighted by atomic mass is 10.0. The van der Waals surface area contributed by atoms with Gasteiger partial charge in [0.2, 0.25) is 5.95 Å². The van der Waals surface area contributed by atoms with Crippen LogP contribution in [0.5, 0.6) is 0 Å². The zero-order chi connectivity index (χ0) is 21.8. The smallest absolute Gasteiger partial charge is 0.256 e. The van der Waals surface area contributed by atoms with Crippen molar-refractivity contribution in [2.45, 2.75) is 26.8 Å². The van der Waals surface area contributed by atoms with Crippen LogP contribution in [0.4, 0.5) is 10.9 Å². The van der Waals surface area contributed by atoms with Crippen LogP contribution in [0.15, 0.2) is 67.0 Å². The predicted molar refractivity (Wildman–Crippen MR) is 125 cm³/mol. The average Bonchev–Trinajstić information content (AvgIpc) is 3.12. The second kappa shape index (κ2) is 9.06. The van der Waals surface area contributed by atoms with Crippen molar-refractivity contribution in [3.63, 3.8) is 0 Å². The minimum Gasteiger partial charge on any atom is -0.343 e. The molecule has 1 aromatic carbocycles. The summed E-state index contributed by atoms with van der Waals surface area (Å²) in [6, 6.07) is 16.8. The van der Waals surface area contributed by atoms with Gasteiger partial charge in [0.15, 0.2) is 0 Å². The van der Waals surface area contributed by atoms with Crippen LogP contribution in [0.1, 0.15) is 43.8 Å². The second-order valence-electron chi connectivity index (χ2n) is 7.30. The third kappa shape index (κ3) is 4.95. The van der Waals surface area contributed by atoms with E-state index >= 15 is 0 Å². The zero-order valence-corrected chi connectivity index (χ0v) is 18.4. The highest BCUT2D eigenvalue weighted by Crippen LogP contribution is 2.37. The zero-order valence-electron chi connectivity index (χ0n) is 17.6. The number of aryl methyl sites for hydroxylation is 3. The summed E-state index contributed by atoms with van der Waals surface area (Å²) in [6.45, 7) is 5.92. The third-order valence-electron chi connectivity index (χ3n) is 4.73. The third-order valence-corrected chi connectivity index (χ3v) is 5.71. The molecular weight excluding hydrogens is 406 g/mol. The number of benzene rings is 1. The molecule has 1 amide bonds. The average molecular weight is 430 g/mol. The van der Waals surface area contributed by atoms with Crippen LogP contribution >= 0.6 is 11.3 Å². The summed E-state index contributed by atoms with van der Waals surface area (Å²) >= 11 is 1.54. The van der Waals surface area contributed by atoms with Crippen LogP contribution in [0.2, 0.25) is 0 Å². The number of nitrogens with one attached hydrogen (secondary N) is 2. The van der Waals surface area contributed by atoms with Crippen molar-refractivity contribution in [2.75, 3.05) is 10.6 Å². The number of nitrogens with zero attached hydrogens (tertiary/aromatic N) is 3. The van der Waals surface area contributed by atoms with Crippen molar-refractivity contribution >= 4 is 28.2 Å². The molecule has 2 N–H and O–H groups in total. The molecular formula is C24H23N5OS. The maximum atomic E-state index is 12.8. The summed E-state index contributed by atoms with van der Waals surface area (Å²) in [5.41, 5.74) is 4.29. The Balaban J connectivity index is 1.72. The fourth-order valence-electron chi connectivity index (χ4n) is 3.42. The normalized spacial score (nSPS) is 11.7. The predicted octanol–water partition coefficient (Wildman–Crippen LogP) is 5.31. The van der Waals surface area contributed by atoms with Crippen LogP contribution in [0.25, 0.3) is 0 Å². The van der Waals surface area contributed by atoms with Gasteiger partial charge < -0.3 is 10.6 Å². The first-order chi connectivity index (χ1) is 15.0. The molecule has 0 aliphatic rings. The van der Waals surface area contributed by atoms with E-state index in [0.717, 1.165) is 32.4 Å². The lowest BCUT2D eigenvalue weighted by molar-refractivity contribution is 0.102. The lowest BCUT2D eigenvalue weighted by Crippen LogP contribution is -2.18. The maximum Gasteiger partial charge on any atom is 0.256 e. The first-order valence-corrected chi connectivity index (χ1v) is 10.8. The highest BCUT2D eigenvalue weighted by Gasteiger charge is 2.23. The second-order valence-corrected chi connectivity index (χ2v) is 8.56. The Kier molecular flexibility index (Phi) is 6.04. The molecule has 0 saturated carbocycles. The Hall–Kier alpha value is -3.58. The number of aromatic nitrogens is 3. The van der Waals surface area contributed by atoms with E-state index < -0.39 is 0 Å². The largest absolute Gasteiger partial charge is 0.343 e. The molecule has 0 spiro atoms. The maximum absolute atomic E-state index is 12.8. The summed E-state index contributed by atoms with van der Waals surface area (Å²) in [5.74, 6) is 0.395. The number of thiophene rings is 1. The summed E-state index contributed by atoms with van der Waals surface area (Å²) in [7, 11) is 0. The van der Waals surface area contributed by atoms with E-state index in [1.165, 1.54) is 0 Å². The van der Waals surface area contributed by atoms with Gasteiger partial charge in [0, 0.05) is 39.8 Å². The Morgan fingerprint density at radius 2 is 1.71 bits per heavy atom. The summed E-state index contributed by atoms with van der Waals surface area (Å²) in [6.07, 6.45) is 3.56. The standard InChI is InChI=1S/C24H23N5OS/c1-15-12-16(2)27-24(26-15)28-21(19-10-7-11-25-14-19)20-13-17(3)31-23(20)29-22(30)18-8-5-4-6-9-18/h4-14,21H,1-3H3,(H,29,30)(H,26,27,28)/t21-/m0/s1. The molecule has 0 fully saturated rings. The van der Waals surface area contributed by atoms with Gasteiger partial charge in [-0.15, -0.1) is 11.3 Å². The Labute approximate surface area is 185 Å². The van der Waals surface area contributed by atoms with Gasteiger partial charge in [-0.3, -0.25) is 9.78 Å². The molecule has 4 rings (SSSR count). The number of pyridine rings is 1. The van der Waals surface area contributed by atoms with Gasteiger partial charge in [0.05, 0.1) is 6.04 Å². The molecule has 1 atom stereocenters. The molecule has 3 heterocycles. The Bertz CT molecular complexity index is 1170. The number of rotatable bonds is 6. The van der Waals surface area contributed by atoms with Gasteiger partial charge >= 0.3 is 0 Å². The summed E-state index contributed by atoms with van der Waals surface area (Å²) < 4.78 is 0. The monoisotopic (exact) mass is 429 g/mol. The van der Waals surface area contributed by atoms with E-state index in [2.05, 4.69) is 31.7 Å². The SMILES string of the molecule is Cc1cc(C)nc(N[C@@H](c2cccnc2)c2cc(C)sc2NC(=O)c2ccccc2)n1. The highest BCUT2D eigenvalue weighted by molar-refractivity contribution is 7.16. The van der Waals surface area contributed by atoms with E-state index in [0.29, 0.717) is 11.5 Å². The van der Waals surface area contributed by atoms with Crippen molar-refractivity contribution in [1.29, 1.82) is 0 Å². The van der Waals surface area contributed by atoms with Gasteiger partial charge in [0.25, 0.3) is 5.91 Å². The molecule has 3 aromatic heterocycles. The topological polar surface area (TPSA) is 79.8 Å². The number of amides is 1. The van der Waals surface area contributed by atoms with E-state index in [-0.39, 0.29) is 11.9 Å². The van der Waals surface area contributed by atoms with Gasteiger partial charge in [-0.05, 0) is 56.7 Å². The lowest BCUT2D eigenvalue weighted by Gasteiger charge is -2.20. The van der Waals surface area contributed by atoms with E-state index in [1.54, 1.807) is 29.7 Å². The Morgan fingerprint density at radius 1 is 0.968 bits per heavy atom. The van der Waals surface area contributed by atoms with Crippen LogP contribution in [0, 0.1) is 20.8 Å². The minimum absolute atomic E-state index is 0.142. The van der Waals surface area contributed by atoms with Gasteiger partial charge in [-0.25, -0.2) is 9.97 Å². The quantitative estimate of drug-likeness (QED) is 0.434. The molecule has 31 heavy (non-hydrogen) atoms. The summed E-state index contributed by atoms with van der Waals surface area (Å²) in [4.78, 5) is 27.3. The molecule has 6 nitrogen and oxygen atoms in total. The number of anilines is 2. The van der Waals surface area contributed by atoms with Crippen LogP contribution in [-0.2, 0) is 0 Å². The van der Waals surface area contributed by atoms with Crippen LogP contribution < -0.4 is 10.6 Å².